The average molecular weight is 656 g/mol. The molecular formula is C33H46ClN7O3S. The van der Waals surface area contributed by atoms with Gasteiger partial charge < -0.3 is 25.2 Å². The van der Waals surface area contributed by atoms with E-state index in [0.717, 1.165) is 63.5 Å². The molecule has 2 saturated heterocycles. The molecule has 0 unspecified atom stereocenters. The van der Waals surface area contributed by atoms with Gasteiger partial charge in [0.15, 0.2) is 15.7 Å². The van der Waals surface area contributed by atoms with E-state index in [2.05, 4.69) is 54.5 Å². The van der Waals surface area contributed by atoms with Crippen LogP contribution in [0.5, 0.6) is 5.75 Å². The first-order valence-corrected chi connectivity index (χ1v) is 17.6. The summed E-state index contributed by atoms with van der Waals surface area (Å²) >= 11 is 6.47. The molecule has 0 atom stereocenters. The molecule has 0 amide bonds. The first-order valence-electron chi connectivity index (χ1n) is 15.7. The number of halogens is 1. The summed E-state index contributed by atoms with van der Waals surface area (Å²) in [4.78, 5) is 16.7. The third kappa shape index (κ3) is 8.19. The lowest BCUT2D eigenvalue weighted by Gasteiger charge is -2.42. The summed E-state index contributed by atoms with van der Waals surface area (Å²) in [6, 6.07) is 13.6. The molecule has 2 fully saturated rings. The lowest BCUT2D eigenvalue weighted by molar-refractivity contribution is 0.0982. The third-order valence-electron chi connectivity index (χ3n) is 8.32. The van der Waals surface area contributed by atoms with E-state index in [1.54, 1.807) is 38.1 Å². The van der Waals surface area contributed by atoms with Crippen LogP contribution in [0.2, 0.25) is 5.02 Å². The molecule has 10 nitrogen and oxygen atoms in total. The van der Waals surface area contributed by atoms with Gasteiger partial charge in [0.2, 0.25) is 5.95 Å². The van der Waals surface area contributed by atoms with Crippen molar-refractivity contribution in [3.05, 3.63) is 53.7 Å². The predicted molar refractivity (Wildman–Crippen MR) is 183 cm³/mol. The number of piperazine rings is 1. The molecule has 0 bridgehead atoms. The zero-order chi connectivity index (χ0) is 32.4. The van der Waals surface area contributed by atoms with Crippen LogP contribution in [0.15, 0.2) is 53.6 Å². The summed E-state index contributed by atoms with van der Waals surface area (Å²) in [5, 5.41) is 6.10. The second kappa shape index (κ2) is 13.7. The van der Waals surface area contributed by atoms with Crippen LogP contribution < -0.4 is 20.3 Å². The van der Waals surface area contributed by atoms with Gasteiger partial charge in [-0.15, -0.1) is 0 Å². The maximum Gasteiger partial charge on any atom is 0.229 e. The highest BCUT2D eigenvalue weighted by Gasteiger charge is 2.28. The number of sulfone groups is 1. The lowest BCUT2D eigenvalue weighted by Crippen LogP contribution is -2.52. The fraction of sp³-hybridized carbons (Fsp3) is 0.515. The Kier molecular flexibility index (Phi) is 10.1. The Hall–Kier alpha value is -3.12. The van der Waals surface area contributed by atoms with Gasteiger partial charge in [-0.05, 0) is 78.8 Å². The number of hydrogen-bond acceptors (Lipinski definition) is 10. The predicted octanol–water partition coefficient (Wildman–Crippen LogP) is 6.19. The van der Waals surface area contributed by atoms with Gasteiger partial charge in [-0.3, -0.25) is 4.90 Å². The van der Waals surface area contributed by atoms with E-state index in [9.17, 15) is 8.42 Å². The summed E-state index contributed by atoms with van der Waals surface area (Å²) in [5.74, 6) is 1.28. The number of ether oxygens (including phenoxy) is 1. The van der Waals surface area contributed by atoms with E-state index in [0.29, 0.717) is 29.2 Å². The molecular weight excluding hydrogens is 610 g/mol. The van der Waals surface area contributed by atoms with Crippen LogP contribution in [0.1, 0.15) is 47.5 Å². The molecule has 1 aromatic heterocycles. The number of likely N-dealkylation sites (N-methyl/N-ethyl adjacent to an activating group) is 1. The maximum absolute atomic E-state index is 13.0. The van der Waals surface area contributed by atoms with Crippen LogP contribution in [0.4, 0.5) is 28.8 Å². The molecule has 3 aromatic rings. The molecule has 0 saturated carbocycles. The van der Waals surface area contributed by atoms with Crippen molar-refractivity contribution in [2.75, 3.05) is 61.8 Å². The lowest BCUT2D eigenvalue weighted by atomic mass is 10.0. The van der Waals surface area contributed by atoms with E-state index in [4.69, 9.17) is 16.3 Å². The van der Waals surface area contributed by atoms with Crippen LogP contribution in [-0.4, -0.2) is 91.4 Å². The number of rotatable bonds is 9. The van der Waals surface area contributed by atoms with Gasteiger partial charge in [0.1, 0.15) is 16.4 Å². The van der Waals surface area contributed by atoms with Crippen molar-refractivity contribution in [1.29, 1.82) is 0 Å². The Labute approximate surface area is 273 Å². The second-order valence-electron chi connectivity index (χ2n) is 13.2. The summed E-state index contributed by atoms with van der Waals surface area (Å²) in [5.41, 5.74) is 1.81. The number of nitrogens with zero attached hydrogens (tertiary/aromatic N) is 5. The van der Waals surface area contributed by atoms with Crippen LogP contribution in [0.25, 0.3) is 0 Å². The van der Waals surface area contributed by atoms with Crippen LogP contribution in [-0.2, 0) is 9.84 Å². The van der Waals surface area contributed by atoms with Gasteiger partial charge >= 0.3 is 0 Å². The minimum atomic E-state index is -3.54. The molecule has 12 heteroatoms. The summed E-state index contributed by atoms with van der Waals surface area (Å²) in [6.45, 7) is 16.0. The molecule has 0 aliphatic carbocycles. The largest absolute Gasteiger partial charge is 0.486 e. The zero-order valence-electron chi connectivity index (χ0n) is 27.2. The number of anilines is 5. The number of nitrogens with one attached hydrogen (secondary N) is 2. The number of para-hydroxylation sites is 1. The highest BCUT2D eigenvalue weighted by atomic mass is 35.5. The monoisotopic (exact) mass is 655 g/mol. The van der Waals surface area contributed by atoms with E-state index in [1.165, 1.54) is 6.20 Å². The summed E-state index contributed by atoms with van der Waals surface area (Å²) < 4.78 is 32.4. The van der Waals surface area contributed by atoms with Crippen molar-refractivity contribution in [2.24, 2.45) is 0 Å². The minimum absolute atomic E-state index is 0.188. The third-order valence-corrected chi connectivity index (χ3v) is 10.8. The van der Waals surface area contributed by atoms with Gasteiger partial charge in [0, 0.05) is 57.1 Å². The van der Waals surface area contributed by atoms with E-state index < -0.39 is 20.7 Å². The highest BCUT2D eigenvalue weighted by molar-refractivity contribution is 7.92. The molecule has 3 heterocycles. The van der Waals surface area contributed by atoms with Crippen LogP contribution in [0, 0.1) is 0 Å². The Morgan fingerprint density at radius 3 is 2.31 bits per heavy atom. The number of benzene rings is 2. The molecule has 5 rings (SSSR count). The smallest absolute Gasteiger partial charge is 0.229 e. The van der Waals surface area contributed by atoms with Gasteiger partial charge in [0.05, 0.1) is 27.7 Å². The van der Waals surface area contributed by atoms with Crippen LogP contribution in [0.3, 0.4) is 0 Å². The summed E-state index contributed by atoms with van der Waals surface area (Å²) in [6.07, 6.45) is 3.78. The van der Waals surface area contributed by atoms with E-state index in [-0.39, 0.29) is 9.92 Å². The van der Waals surface area contributed by atoms with Crippen molar-refractivity contribution in [3.8, 4) is 5.75 Å². The first-order chi connectivity index (χ1) is 21.3. The number of piperidine rings is 1. The van der Waals surface area contributed by atoms with Crippen molar-refractivity contribution in [1.82, 2.24) is 19.8 Å². The zero-order valence-corrected chi connectivity index (χ0v) is 28.7. The SMILES string of the molecule is CC(C)S(=O)(=O)c1ccccc1Nc1nc(Nc2ccc(N3CCC(N4CCN(C)CC4)CC3)cc2OC(C)(C)C)ncc1Cl. The normalized spacial score (nSPS) is 17.5. The summed E-state index contributed by atoms with van der Waals surface area (Å²) in [7, 11) is -1.33. The van der Waals surface area contributed by atoms with E-state index >= 15 is 0 Å². The molecule has 2 aliphatic rings. The molecule has 2 aliphatic heterocycles. The average Bonchev–Trinajstić information content (AvgIpc) is 2.99. The van der Waals surface area contributed by atoms with E-state index in [1.807, 2.05) is 26.8 Å². The minimum Gasteiger partial charge on any atom is -0.486 e. The quantitative estimate of drug-likeness (QED) is 0.277. The van der Waals surface area contributed by atoms with Gasteiger partial charge in [0.25, 0.3) is 0 Å². The van der Waals surface area contributed by atoms with Gasteiger partial charge in [-0.2, -0.15) is 4.98 Å². The Morgan fingerprint density at radius 2 is 1.64 bits per heavy atom. The van der Waals surface area contributed by atoms with Gasteiger partial charge in [-0.25, -0.2) is 13.4 Å². The molecule has 45 heavy (non-hydrogen) atoms. The molecule has 2 N–H and O–H groups in total. The molecule has 0 radical (unpaired) electrons. The van der Waals surface area contributed by atoms with Crippen molar-refractivity contribution >= 4 is 50.3 Å². The van der Waals surface area contributed by atoms with Crippen molar-refractivity contribution in [3.63, 3.8) is 0 Å². The van der Waals surface area contributed by atoms with Crippen molar-refractivity contribution in [2.45, 2.75) is 69.2 Å². The Balaban J connectivity index is 1.34. The molecule has 0 spiro atoms. The topological polar surface area (TPSA) is 103 Å². The highest BCUT2D eigenvalue weighted by Crippen LogP contribution is 2.36. The molecule has 2 aromatic carbocycles. The second-order valence-corrected chi connectivity index (χ2v) is 16.1. The van der Waals surface area contributed by atoms with Gasteiger partial charge in [-0.1, -0.05) is 23.7 Å². The maximum atomic E-state index is 13.0. The Morgan fingerprint density at radius 1 is 0.956 bits per heavy atom. The number of hydrogen-bond donors (Lipinski definition) is 2. The fourth-order valence-electron chi connectivity index (χ4n) is 5.74. The Bertz CT molecular complexity index is 1580. The molecule has 244 valence electrons. The standard InChI is InChI=1S/C33H46ClN7O3S/c1-23(2)45(42,43)30-10-8-7-9-28(30)36-31-26(34)22-35-32(38-31)37-27-12-11-25(21-29(27)44-33(3,4)5)40-15-13-24(14-16-40)41-19-17-39(6)18-20-41/h7-12,21-24H,13-20H2,1-6H3,(H2,35,36,37,38). The fourth-order valence-corrected chi connectivity index (χ4v) is 7.08. The first kappa shape index (κ1) is 33.2. The van der Waals surface area contributed by atoms with Crippen molar-refractivity contribution < 1.29 is 13.2 Å². The number of aromatic nitrogens is 2. The van der Waals surface area contributed by atoms with Crippen LogP contribution >= 0.6 is 11.6 Å².